The molecular weight excluding hydrogens is 528 g/mol. The molecule has 2 saturated heterocycles. The Hall–Kier alpha value is -3.15. The number of imide groups is 1. The molecule has 3 amide bonds. The zero-order valence-corrected chi connectivity index (χ0v) is 24.1. The van der Waals surface area contributed by atoms with Crippen LogP contribution in [0.5, 0.6) is 5.88 Å². The van der Waals surface area contributed by atoms with Gasteiger partial charge >= 0.3 is 11.7 Å². The molecule has 3 heterocycles. The van der Waals surface area contributed by atoms with Crippen LogP contribution in [0.4, 0.5) is 4.79 Å². The molecule has 0 aromatic carbocycles. The van der Waals surface area contributed by atoms with E-state index >= 15 is 0 Å². The second kappa shape index (κ2) is 10.3. The van der Waals surface area contributed by atoms with Gasteiger partial charge in [0.05, 0.1) is 0 Å². The molecule has 1 aromatic rings. The summed E-state index contributed by atoms with van der Waals surface area (Å²) < 4.78 is 8.07. The predicted octanol–water partition coefficient (Wildman–Crippen LogP) is 1.81. The summed E-state index contributed by atoms with van der Waals surface area (Å²) in [5.74, 6) is 0.00212. The molecule has 0 radical (unpaired) electrons. The molecule has 6 rings (SSSR count). The summed E-state index contributed by atoms with van der Waals surface area (Å²) in [5, 5.41) is 10.9. The Balaban J connectivity index is 1.23. The number of carbonyl (C=O) groups is 2. The lowest BCUT2D eigenvalue weighted by Crippen LogP contribution is -2.64. The zero-order valence-electron chi connectivity index (χ0n) is 24.1. The first-order valence-corrected chi connectivity index (χ1v) is 15.1. The standard InChI is InChI=1S/C29H42N6O6/c1-31-22(30)21-23(36)33(14-18-4-3-5-18)27(40)35(24(21)37)20-6-10-28(11-7-20)16-29(17-28)25(38)32(2)26(39)34(29)15-19-8-12-41-13-9-19/h18-20,36H,3-17H2,1-2H3,(H2,30,31). The van der Waals surface area contributed by atoms with Gasteiger partial charge in [-0.15, -0.1) is 0 Å². The highest BCUT2D eigenvalue weighted by Gasteiger charge is 2.68. The van der Waals surface area contributed by atoms with Crippen molar-refractivity contribution >= 4 is 17.8 Å². The topological polar surface area (TPSA) is 152 Å². The highest BCUT2D eigenvalue weighted by Crippen LogP contribution is 2.62. The molecule has 3 N–H and O–H groups in total. The maximum absolute atomic E-state index is 13.6. The highest BCUT2D eigenvalue weighted by molar-refractivity contribution is 6.07. The third-order valence-corrected chi connectivity index (χ3v) is 10.7. The number of ether oxygens (including phenoxy) is 1. The number of likely N-dealkylation sites (N-methyl/N-ethyl adjacent to an activating group) is 1. The van der Waals surface area contributed by atoms with Crippen LogP contribution in [0, 0.1) is 17.3 Å². The number of hydrogen-bond donors (Lipinski definition) is 2. The van der Waals surface area contributed by atoms with Crippen LogP contribution >= 0.6 is 0 Å². The number of urea groups is 1. The minimum absolute atomic E-state index is 0.0880. The van der Waals surface area contributed by atoms with Gasteiger partial charge in [0.2, 0.25) is 5.88 Å². The molecule has 5 aliphatic rings. The van der Waals surface area contributed by atoms with Crippen LogP contribution in [-0.4, -0.2) is 81.2 Å². The molecule has 12 nitrogen and oxygen atoms in total. The van der Waals surface area contributed by atoms with Crippen molar-refractivity contribution in [3.63, 3.8) is 0 Å². The Labute approximate surface area is 239 Å². The lowest BCUT2D eigenvalue weighted by molar-refractivity contribution is -0.150. The summed E-state index contributed by atoms with van der Waals surface area (Å²) in [7, 11) is 3.03. The first kappa shape index (κ1) is 28.0. The first-order valence-electron chi connectivity index (χ1n) is 15.1. The number of aromatic hydroxyl groups is 1. The van der Waals surface area contributed by atoms with Gasteiger partial charge < -0.3 is 20.5 Å². The van der Waals surface area contributed by atoms with Crippen LogP contribution < -0.4 is 17.0 Å². The minimum Gasteiger partial charge on any atom is -0.494 e. The molecule has 0 bridgehead atoms. The molecule has 5 fully saturated rings. The van der Waals surface area contributed by atoms with E-state index in [2.05, 4.69) is 4.99 Å². The van der Waals surface area contributed by atoms with E-state index in [9.17, 15) is 24.3 Å². The average Bonchev–Trinajstić information content (AvgIpc) is 3.09. The van der Waals surface area contributed by atoms with E-state index < -0.39 is 22.7 Å². The van der Waals surface area contributed by atoms with Crippen LogP contribution in [0.1, 0.15) is 82.2 Å². The van der Waals surface area contributed by atoms with Crippen molar-refractivity contribution < 1.29 is 19.4 Å². The molecule has 41 heavy (non-hydrogen) atoms. The van der Waals surface area contributed by atoms with Crippen LogP contribution in [0.15, 0.2) is 14.6 Å². The summed E-state index contributed by atoms with van der Waals surface area (Å²) >= 11 is 0. The van der Waals surface area contributed by atoms with Gasteiger partial charge in [0.1, 0.15) is 16.9 Å². The maximum Gasteiger partial charge on any atom is 0.334 e. The van der Waals surface area contributed by atoms with Gasteiger partial charge in [-0.05, 0) is 81.5 Å². The van der Waals surface area contributed by atoms with E-state index in [0.29, 0.717) is 57.9 Å². The van der Waals surface area contributed by atoms with Crippen molar-refractivity contribution in [2.45, 2.75) is 88.8 Å². The van der Waals surface area contributed by atoms with E-state index in [4.69, 9.17) is 10.5 Å². The number of nitrogens with two attached hydrogens (primary N) is 1. The maximum atomic E-state index is 13.6. The Morgan fingerprint density at radius 3 is 2.22 bits per heavy atom. The molecule has 2 spiro atoms. The zero-order chi connectivity index (χ0) is 29.1. The van der Waals surface area contributed by atoms with Gasteiger partial charge in [-0.2, -0.15) is 0 Å². The van der Waals surface area contributed by atoms with Gasteiger partial charge in [0, 0.05) is 46.4 Å². The SMILES string of the molecule is CN=C(N)c1c(O)n(CC2CCC2)c(=O)n(C2CCC3(CC2)CC2(C3)C(=O)N(C)C(=O)N2CC2CCOCC2)c1=O. The second-order valence-corrected chi connectivity index (χ2v) is 13.1. The summed E-state index contributed by atoms with van der Waals surface area (Å²) in [5.41, 5.74) is 3.91. The van der Waals surface area contributed by atoms with Gasteiger partial charge in [0.25, 0.3) is 11.5 Å². The summed E-state index contributed by atoms with van der Waals surface area (Å²) in [6.45, 7) is 2.29. The molecule has 0 unspecified atom stereocenters. The predicted molar refractivity (Wildman–Crippen MR) is 151 cm³/mol. The van der Waals surface area contributed by atoms with E-state index in [1.54, 1.807) is 7.05 Å². The molecule has 224 valence electrons. The van der Waals surface area contributed by atoms with Crippen LogP contribution in [0.3, 0.4) is 0 Å². The quantitative estimate of drug-likeness (QED) is 0.301. The van der Waals surface area contributed by atoms with Crippen molar-refractivity contribution in [3.8, 4) is 5.88 Å². The van der Waals surface area contributed by atoms with E-state index in [1.165, 1.54) is 21.1 Å². The number of aliphatic imine (C=N–C) groups is 1. The van der Waals surface area contributed by atoms with Crippen molar-refractivity contribution in [2.24, 2.45) is 28.0 Å². The van der Waals surface area contributed by atoms with E-state index in [-0.39, 0.29) is 40.7 Å². The number of nitrogens with zero attached hydrogens (tertiary/aromatic N) is 5. The molecule has 0 atom stereocenters. The average molecular weight is 571 g/mol. The Kier molecular flexibility index (Phi) is 7.02. The number of amidine groups is 1. The van der Waals surface area contributed by atoms with Crippen LogP contribution in [-0.2, 0) is 16.1 Å². The Morgan fingerprint density at radius 1 is 1.00 bits per heavy atom. The summed E-state index contributed by atoms with van der Waals surface area (Å²) in [4.78, 5) is 60.7. The van der Waals surface area contributed by atoms with Gasteiger partial charge in [-0.25, -0.2) is 9.59 Å². The smallest absolute Gasteiger partial charge is 0.334 e. The van der Waals surface area contributed by atoms with E-state index in [0.717, 1.165) is 44.9 Å². The van der Waals surface area contributed by atoms with Gasteiger partial charge in [-0.3, -0.25) is 28.6 Å². The number of aromatic nitrogens is 2. The molecule has 3 saturated carbocycles. The third-order valence-electron chi connectivity index (χ3n) is 10.7. The summed E-state index contributed by atoms with van der Waals surface area (Å²) in [6, 6.07) is -0.550. The molecular formula is C29H42N6O6. The third kappa shape index (κ3) is 4.40. The summed E-state index contributed by atoms with van der Waals surface area (Å²) in [6.07, 6.45) is 8.74. The Bertz CT molecular complexity index is 1370. The Morgan fingerprint density at radius 2 is 1.63 bits per heavy atom. The number of hydrogen-bond acceptors (Lipinski definition) is 7. The van der Waals surface area contributed by atoms with Gasteiger partial charge in [0.15, 0.2) is 0 Å². The number of rotatable bonds is 6. The monoisotopic (exact) mass is 570 g/mol. The fourth-order valence-electron chi connectivity index (χ4n) is 8.09. The molecule has 2 aliphatic heterocycles. The van der Waals surface area contributed by atoms with Crippen molar-refractivity contribution in [2.75, 3.05) is 33.9 Å². The van der Waals surface area contributed by atoms with Gasteiger partial charge in [-0.1, -0.05) is 6.42 Å². The number of carbonyl (C=O) groups excluding carboxylic acids is 2. The van der Waals surface area contributed by atoms with Crippen LogP contribution in [0.2, 0.25) is 0 Å². The lowest BCUT2D eigenvalue weighted by atomic mass is 9.51. The molecule has 1 aromatic heterocycles. The second-order valence-electron chi connectivity index (χ2n) is 13.1. The lowest BCUT2D eigenvalue weighted by Gasteiger charge is -2.58. The van der Waals surface area contributed by atoms with Crippen LogP contribution in [0.25, 0.3) is 0 Å². The fourth-order valence-corrected chi connectivity index (χ4v) is 8.09. The molecule has 12 heteroatoms. The largest absolute Gasteiger partial charge is 0.494 e. The van der Waals surface area contributed by atoms with E-state index in [1.807, 2.05) is 4.90 Å². The molecule has 3 aliphatic carbocycles. The van der Waals surface area contributed by atoms with Crippen molar-refractivity contribution in [3.05, 3.63) is 26.4 Å². The normalized spacial score (nSPS) is 31.3. The van der Waals surface area contributed by atoms with Crippen molar-refractivity contribution in [1.82, 2.24) is 18.9 Å². The number of amides is 3. The minimum atomic E-state index is -0.791. The highest BCUT2D eigenvalue weighted by atomic mass is 16.5. The fraction of sp³-hybridized carbons (Fsp3) is 0.759. The first-order chi connectivity index (χ1) is 19.6. The van der Waals surface area contributed by atoms with Crippen molar-refractivity contribution in [1.29, 1.82) is 0 Å².